The Balaban J connectivity index is 1.51. The number of benzene rings is 2. The highest BCUT2D eigenvalue weighted by Crippen LogP contribution is 2.34. The number of carbonyl (C=O) groups excluding carboxylic acids is 1. The second-order valence-electron chi connectivity index (χ2n) is 12.8. The van der Waals surface area contributed by atoms with Crippen LogP contribution >= 0.6 is 7.60 Å². The molecule has 48 heavy (non-hydrogen) atoms. The molecule has 0 saturated carbocycles. The van der Waals surface area contributed by atoms with E-state index in [-0.39, 0.29) is 55.6 Å². The van der Waals surface area contributed by atoms with Gasteiger partial charge in [-0.15, -0.1) is 0 Å². The van der Waals surface area contributed by atoms with E-state index in [1.807, 2.05) is 38.1 Å². The Kier molecular flexibility index (Phi) is 13.4. The molecule has 268 valence electrons. The van der Waals surface area contributed by atoms with Crippen molar-refractivity contribution in [3.8, 4) is 5.75 Å². The van der Waals surface area contributed by atoms with E-state index in [0.29, 0.717) is 25.3 Å². The molecule has 0 aromatic heterocycles. The predicted molar refractivity (Wildman–Crippen MR) is 177 cm³/mol. The summed E-state index contributed by atoms with van der Waals surface area (Å²) in [4.78, 5) is 33.4. The Labute approximate surface area is 282 Å². The van der Waals surface area contributed by atoms with Crippen LogP contribution in [0.25, 0.3) is 0 Å². The van der Waals surface area contributed by atoms with E-state index in [1.54, 1.807) is 24.1 Å². The van der Waals surface area contributed by atoms with E-state index < -0.39 is 48.3 Å². The summed E-state index contributed by atoms with van der Waals surface area (Å²) in [5.74, 6) is 0.370. The van der Waals surface area contributed by atoms with Crippen molar-refractivity contribution in [3.63, 3.8) is 0 Å². The van der Waals surface area contributed by atoms with Crippen LogP contribution in [0, 0.1) is 11.8 Å². The van der Waals surface area contributed by atoms with Gasteiger partial charge in [-0.25, -0.2) is 13.2 Å². The summed E-state index contributed by atoms with van der Waals surface area (Å²) in [6.45, 7) is 5.00. The smallest absolute Gasteiger partial charge is 0.407 e. The zero-order chi connectivity index (χ0) is 35.1. The standard InChI is InChI=1S/C32H48N3O11PS/c1-22(2)18-35(48(41,42)26-11-9-25(43-4)10-12-26)20-29(36)28(33-32(37)46-30-21-45-31-27(30)13-15-44-31)17-23-5-7-24(8-6-23)19-34(3)14-16-47(38,39)40/h5-12,22,27-31,36H,13-21H2,1-4H3,(H,33,37)(H2,38,39,40)/t27-,28-,29+,30-,31+/m0/s1. The maximum atomic E-state index is 13.8. The lowest BCUT2D eigenvalue weighted by Crippen LogP contribution is -2.51. The van der Waals surface area contributed by atoms with Gasteiger partial charge in [0, 0.05) is 26.2 Å². The molecule has 4 rings (SSSR count). The molecule has 14 nitrogen and oxygen atoms in total. The maximum absolute atomic E-state index is 13.8. The van der Waals surface area contributed by atoms with Crippen molar-refractivity contribution < 1.29 is 51.6 Å². The zero-order valence-electron chi connectivity index (χ0n) is 27.8. The van der Waals surface area contributed by atoms with E-state index >= 15 is 0 Å². The fourth-order valence-electron chi connectivity index (χ4n) is 5.79. The molecule has 4 N–H and O–H groups in total. The molecule has 0 radical (unpaired) electrons. The Hall–Kier alpha value is -2.59. The molecule has 0 unspecified atom stereocenters. The SMILES string of the molecule is COc1ccc(S(=O)(=O)N(CC(C)C)C[C@@H](O)[C@H](Cc2ccc(CN(C)CCP(=O)(O)O)cc2)NC(=O)O[C@H]2CO[C@H]3OCC[C@H]32)cc1. The molecular formula is C32H48N3O11PS. The highest BCUT2D eigenvalue weighted by molar-refractivity contribution is 7.89. The largest absolute Gasteiger partial charge is 0.497 e. The minimum Gasteiger partial charge on any atom is -0.497 e. The third-order valence-corrected chi connectivity index (χ3v) is 11.0. The molecule has 2 fully saturated rings. The monoisotopic (exact) mass is 713 g/mol. The average molecular weight is 714 g/mol. The van der Waals surface area contributed by atoms with E-state index in [9.17, 15) is 32.7 Å². The van der Waals surface area contributed by atoms with Crippen LogP contribution < -0.4 is 10.1 Å². The van der Waals surface area contributed by atoms with Crippen LogP contribution in [0.2, 0.25) is 0 Å². The van der Waals surface area contributed by atoms with Crippen LogP contribution in [0.5, 0.6) is 5.75 Å². The van der Waals surface area contributed by atoms with Gasteiger partial charge in [0.1, 0.15) is 11.9 Å². The summed E-state index contributed by atoms with van der Waals surface area (Å²) in [5.41, 5.74) is 1.67. The van der Waals surface area contributed by atoms with Gasteiger partial charge in [-0.3, -0.25) is 4.57 Å². The second-order valence-corrected chi connectivity index (χ2v) is 16.5. The number of nitrogens with zero attached hydrogens (tertiary/aromatic N) is 2. The first-order valence-corrected chi connectivity index (χ1v) is 19.2. The summed E-state index contributed by atoms with van der Waals surface area (Å²) in [5, 5.41) is 14.4. The van der Waals surface area contributed by atoms with Crippen molar-refractivity contribution in [1.29, 1.82) is 0 Å². The summed E-state index contributed by atoms with van der Waals surface area (Å²) in [7, 11) is -4.87. The lowest BCUT2D eigenvalue weighted by atomic mass is 9.99. The number of alkyl carbamates (subject to hydrolysis) is 1. The number of hydrogen-bond donors (Lipinski definition) is 4. The first-order chi connectivity index (χ1) is 22.6. The Bertz CT molecular complexity index is 1490. The van der Waals surface area contributed by atoms with Gasteiger partial charge in [0.25, 0.3) is 0 Å². The number of aliphatic hydroxyl groups is 1. The van der Waals surface area contributed by atoms with Gasteiger partial charge < -0.3 is 44.1 Å². The number of amides is 1. The number of methoxy groups -OCH3 is 1. The van der Waals surface area contributed by atoms with Crippen LogP contribution in [0.3, 0.4) is 0 Å². The predicted octanol–water partition coefficient (Wildman–Crippen LogP) is 2.41. The Morgan fingerprint density at radius 1 is 1.06 bits per heavy atom. The van der Waals surface area contributed by atoms with E-state index in [2.05, 4.69) is 5.32 Å². The third-order valence-electron chi connectivity index (χ3n) is 8.37. The highest BCUT2D eigenvalue weighted by atomic mass is 32.2. The minimum atomic E-state index is -4.10. The van der Waals surface area contributed by atoms with Crippen LogP contribution in [0.1, 0.15) is 31.4 Å². The maximum Gasteiger partial charge on any atom is 0.407 e. The number of hydrogen-bond acceptors (Lipinski definition) is 10. The fourth-order valence-corrected chi connectivity index (χ4v) is 8.01. The average Bonchev–Trinajstić information content (AvgIpc) is 3.65. The third kappa shape index (κ3) is 11.0. The molecule has 0 aliphatic carbocycles. The van der Waals surface area contributed by atoms with Crippen molar-refractivity contribution in [2.75, 3.05) is 53.2 Å². The molecule has 2 aromatic rings. The van der Waals surface area contributed by atoms with Gasteiger partial charge in [-0.1, -0.05) is 38.1 Å². The van der Waals surface area contributed by atoms with Crippen LogP contribution in [0.15, 0.2) is 53.4 Å². The number of aliphatic hydroxyl groups excluding tert-OH is 1. The molecule has 0 bridgehead atoms. The normalized spacial score (nSPS) is 21.0. The molecule has 2 saturated heterocycles. The quantitative estimate of drug-likeness (QED) is 0.176. The van der Waals surface area contributed by atoms with Crippen molar-refractivity contribution in [1.82, 2.24) is 14.5 Å². The number of rotatable bonds is 17. The van der Waals surface area contributed by atoms with Gasteiger partial charge in [-0.05, 0) is 61.2 Å². The first-order valence-electron chi connectivity index (χ1n) is 16.0. The highest BCUT2D eigenvalue weighted by Gasteiger charge is 2.44. The van der Waals surface area contributed by atoms with Gasteiger partial charge in [0.2, 0.25) is 10.0 Å². The van der Waals surface area contributed by atoms with E-state index in [0.717, 1.165) is 11.1 Å². The van der Waals surface area contributed by atoms with Gasteiger partial charge in [0.05, 0.1) is 49.4 Å². The van der Waals surface area contributed by atoms with Crippen LogP contribution in [0.4, 0.5) is 4.79 Å². The van der Waals surface area contributed by atoms with Crippen LogP contribution in [-0.2, 0) is 41.8 Å². The van der Waals surface area contributed by atoms with Gasteiger partial charge in [0.15, 0.2) is 6.29 Å². The molecule has 16 heteroatoms. The summed E-state index contributed by atoms with van der Waals surface area (Å²) < 4.78 is 62.0. The molecule has 2 aromatic carbocycles. The number of fused-ring (bicyclic) bond motifs is 1. The molecular weight excluding hydrogens is 665 g/mol. The van der Waals surface area contributed by atoms with Gasteiger partial charge in [-0.2, -0.15) is 4.31 Å². The number of carbonyl (C=O) groups is 1. The topological polar surface area (TPSA) is 184 Å². The molecule has 2 heterocycles. The van der Waals surface area contributed by atoms with Crippen molar-refractivity contribution >= 4 is 23.7 Å². The summed E-state index contributed by atoms with van der Waals surface area (Å²) in [6, 6.07) is 12.5. The Morgan fingerprint density at radius 3 is 2.35 bits per heavy atom. The summed E-state index contributed by atoms with van der Waals surface area (Å²) >= 11 is 0. The number of ether oxygens (including phenoxy) is 4. The van der Waals surface area contributed by atoms with Crippen molar-refractivity contribution in [2.24, 2.45) is 11.8 Å². The number of nitrogens with one attached hydrogen (secondary N) is 1. The molecule has 2 aliphatic heterocycles. The summed E-state index contributed by atoms with van der Waals surface area (Å²) in [6.07, 6.45) is -2.37. The van der Waals surface area contributed by atoms with E-state index in [1.165, 1.54) is 23.5 Å². The van der Waals surface area contributed by atoms with Crippen molar-refractivity contribution in [2.45, 2.75) is 62.7 Å². The van der Waals surface area contributed by atoms with Crippen LogP contribution in [-0.4, -0.2) is 116 Å². The lowest BCUT2D eigenvalue weighted by molar-refractivity contribution is -0.0907. The lowest BCUT2D eigenvalue weighted by Gasteiger charge is -2.31. The first kappa shape index (κ1) is 38.2. The molecule has 2 aliphatic rings. The zero-order valence-corrected chi connectivity index (χ0v) is 29.5. The molecule has 1 amide bonds. The molecule has 5 atom stereocenters. The second kappa shape index (κ2) is 16.9. The molecule has 0 spiro atoms. The minimum absolute atomic E-state index is 0.0518. The Morgan fingerprint density at radius 2 is 1.73 bits per heavy atom. The number of sulfonamides is 1. The van der Waals surface area contributed by atoms with Crippen molar-refractivity contribution in [3.05, 3.63) is 59.7 Å². The van der Waals surface area contributed by atoms with E-state index in [4.69, 9.17) is 18.9 Å². The fraction of sp³-hybridized carbons (Fsp3) is 0.594. The van der Waals surface area contributed by atoms with Gasteiger partial charge >= 0.3 is 13.7 Å².